The van der Waals surface area contributed by atoms with Crippen LogP contribution in [-0.4, -0.2) is 49.2 Å². The molecule has 1 aliphatic rings. The summed E-state index contributed by atoms with van der Waals surface area (Å²) in [5, 5.41) is 6.22. The van der Waals surface area contributed by atoms with E-state index >= 15 is 0 Å². The van der Waals surface area contributed by atoms with E-state index in [0.29, 0.717) is 18.8 Å². The molecule has 1 fully saturated rings. The molecular weight excluding hydrogens is 450 g/mol. The lowest BCUT2D eigenvalue weighted by molar-refractivity contribution is -0.139. The number of sulfonamides is 1. The fourth-order valence-electron chi connectivity index (χ4n) is 4.90. The molecular formula is C26H31N3O4S. The topological polar surface area (TPSA) is 103 Å². The Balaban J connectivity index is 1.52. The normalized spacial score (nSPS) is 17.5. The summed E-state index contributed by atoms with van der Waals surface area (Å²) in [6, 6.07) is 14.0. The summed E-state index contributed by atoms with van der Waals surface area (Å²) in [5.74, 6) is 0.160. The first-order valence-electron chi connectivity index (χ1n) is 11.5. The van der Waals surface area contributed by atoms with Crippen molar-refractivity contribution in [2.24, 2.45) is 11.1 Å². The van der Waals surface area contributed by atoms with E-state index < -0.39 is 16.1 Å². The minimum Gasteiger partial charge on any atom is -0.481 e. The predicted octanol–water partition coefficient (Wildman–Crippen LogP) is 3.81. The van der Waals surface area contributed by atoms with Crippen LogP contribution in [-0.2, 0) is 14.8 Å². The van der Waals surface area contributed by atoms with Crippen molar-refractivity contribution >= 4 is 26.8 Å². The zero-order valence-corrected chi connectivity index (χ0v) is 20.6. The second-order valence-corrected chi connectivity index (χ2v) is 10.8. The summed E-state index contributed by atoms with van der Waals surface area (Å²) in [6.07, 6.45) is 2.59. The van der Waals surface area contributed by atoms with E-state index in [-0.39, 0.29) is 17.6 Å². The molecule has 4 rings (SSSR count). The number of aromatic nitrogens is 1. The van der Waals surface area contributed by atoms with Crippen LogP contribution in [0.3, 0.4) is 0 Å². The smallest absolute Gasteiger partial charge is 0.263 e. The number of primary sulfonamides is 1. The van der Waals surface area contributed by atoms with Gasteiger partial charge in [0.1, 0.15) is 5.75 Å². The highest BCUT2D eigenvalue weighted by molar-refractivity contribution is 7.89. The van der Waals surface area contributed by atoms with Gasteiger partial charge in [0.25, 0.3) is 5.91 Å². The quantitative estimate of drug-likeness (QED) is 0.577. The summed E-state index contributed by atoms with van der Waals surface area (Å²) in [7, 11) is -3.57. The summed E-state index contributed by atoms with van der Waals surface area (Å²) in [5.41, 5.74) is 5.52. The van der Waals surface area contributed by atoms with Crippen molar-refractivity contribution in [2.45, 2.75) is 39.7 Å². The van der Waals surface area contributed by atoms with Crippen LogP contribution in [0.1, 0.15) is 30.9 Å². The molecule has 0 spiro atoms. The molecule has 1 saturated heterocycles. The molecule has 2 atom stereocenters. The molecule has 2 heterocycles. The van der Waals surface area contributed by atoms with Crippen molar-refractivity contribution < 1.29 is 17.9 Å². The molecule has 7 nitrogen and oxygen atoms in total. The average molecular weight is 482 g/mol. The number of rotatable bonds is 6. The lowest BCUT2D eigenvalue weighted by atomic mass is 9.93. The number of aryl methyl sites for hydroxylation is 2. The number of carbonyl (C=O) groups is 1. The summed E-state index contributed by atoms with van der Waals surface area (Å²) >= 11 is 0. The first-order valence-corrected chi connectivity index (χ1v) is 13.2. The molecule has 1 aromatic heterocycles. The van der Waals surface area contributed by atoms with Gasteiger partial charge in [-0.3, -0.25) is 9.78 Å². The van der Waals surface area contributed by atoms with E-state index in [9.17, 15) is 13.2 Å². The number of hydrogen-bond donors (Lipinski definition) is 1. The molecule has 180 valence electrons. The minimum atomic E-state index is -3.57. The van der Waals surface area contributed by atoms with Crippen LogP contribution >= 0.6 is 0 Å². The van der Waals surface area contributed by atoms with Crippen LogP contribution in [0.15, 0.2) is 48.7 Å². The van der Waals surface area contributed by atoms with Crippen LogP contribution in [0.2, 0.25) is 0 Å². The van der Waals surface area contributed by atoms with Gasteiger partial charge in [-0.25, -0.2) is 13.6 Å². The van der Waals surface area contributed by atoms with Crippen molar-refractivity contribution in [3.8, 4) is 16.9 Å². The predicted molar refractivity (Wildman–Crippen MR) is 134 cm³/mol. The van der Waals surface area contributed by atoms with Gasteiger partial charge < -0.3 is 9.64 Å². The Labute approximate surface area is 201 Å². The van der Waals surface area contributed by atoms with Crippen molar-refractivity contribution in [3.05, 3.63) is 59.8 Å². The Bertz CT molecular complexity index is 1300. The maximum absolute atomic E-state index is 13.0. The zero-order chi connectivity index (χ0) is 24.5. The molecule has 0 saturated carbocycles. The highest BCUT2D eigenvalue weighted by atomic mass is 32.2. The Morgan fingerprint density at radius 3 is 2.65 bits per heavy atom. The first kappa shape index (κ1) is 24.2. The molecule has 8 heteroatoms. The number of likely N-dealkylation sites (tertiary alicyclic amines) is 1. The molecule has 1 aliphatic heterocycles. The van der Waals surface area contributed by atoms with Gasteiger partial charge in [0.15, 0.2) is 6.10 Å². The number of pyridine rings is 1. The summed E-state index contributed by atoms with van der Waals surface area (Å²) < 4.78 is 28.9. The Kier molecular flexibility index (Phi) is 6.91. The highest BCUT2D eigenvalue weighted by Gasteiger charge is 2.29. The average Bonchev–Trinajstić information content (AvgIpc) is 2.77. The number of benzene rings is 2. The minimum absolute atomic E-state index is 0.106. The van der Waals surface area contributed by atoms with Crippen LogP contribution in [0.5, 0.6) is 5.75 Å². The molecule has 0 radical (unpaired) electrons. The van der Waals surface area contributed by atoms with Crippen LogP contribution in [0.25, 0.3) is 22.0 Å². The SMILES string of the molecule is Cc1cccc(C)c1-c1ccnc2cc(OC(C)C(=O)N3CCCC(CS(N)(=O)=O)C3)ccc12. The molecule has 0 aliphatic carbocycles. The van der Waals surface area contributed by atoms with Gasteiger partial charge >= 0.3 is 0 Å². The zero-order valence-electron chi connectivity index (χ0n) is 19.8. The van der Waals surface area contributed by atoms with E-state index in [4.69, 9.17) is 9.88 Å². The van der Waals surface area contributed by atoms with Gasteiger partial charge in [0.2, 0.25) is 10.0 Å². The van der Waals surface area contributed by atoms with E-state index in [1.165, 1.54) is 16.7 Å². The first-order chi connectivity index (χ1) is 16.1. The molecule has 2 unspecified atom stereocenters. The van der Waals surface area contributed by atoms with Crippen molar-refractivity contribution in [2.75, 3.05) is 18.8 Å². The third-order valence-corrected chi connectivity index (χ3v) is 7.36. The fourth-order valence-corrected chi connectivity index (χ4v) is 5.83. The van der Waals surface area contributed by atoms with Gasteiger partial charge in [0.05, 0.1) is 11.3 Å². The maximum Gasteiger partial charge on any atom is 0.263 e. The lowest BCUT2D eigenvalue weighted by Gasteiger charge is -2.33. The number of hydrogen-bond acceptors (Lipinski definition) is 5. The molecule has 0 bridgehead atoms. The fraction of sp³-hybridized carbons (Fsp3) is 0.385. The van der Waals surface area contributed by atoms with E-state index in [0.717, 1.165) is 29.3 Å². The second-order valence-electron chi connectivity index (χ2n) is 9.19. The number of nitrogens with two attached hydrogens (primary N) is 1. The molecule has 2 N–H and O–H groups in total. The van der Waals surface area contributed by atoms with Crippen molar-refractivity contribution in [1.29, 1.82) is 0 Å². The standard InChI is InChI=1S/C26H31N3O4S/c1-17-6-4-7-18(2)25(17)23-11-12-28-24-14-21(9-10-22(23)24)33-19(3)26(30)29-13-5-8-20(15-29)16-34(27,31)32/h4,6-7,9-12,14,19-20H,5,8,13,15-16H2,1-3H3,(H2,27,31,32). The maximum atomic E-state index is 13.0. The number of piperidine rings is 1. The number of carbonyl (C=O) groups excluding carboxylic acids is 1. The number of nitrogens with zero attached hydrogens (tertiary/aromatic N) is 2. The third-order valence-electron chi connectivity index (χ3n) is 6.42. The van der Waals surface area contributed by atoms with E-state index in [1.807, 2.05) is 24.3 Å². The van der Waals surface area contributed by atoms with E-state index in [1.54, 1.807) is 18.0 Å². The summed E-state index contributed by atoms with van der Waals surface area (Å²) in [4.78, 5) is 19.2. The highest BCUT2D eigenvalue weighted by Crippen LogP contribution is 2.34. The number of amides is 1. The van der Waals surface area contributed by atoms with Gasteiger partial charge in [-0.2, -0.15) is 0 Å². The van der Waals surface area contributed by atoms with Crippen molar-refractivity contribution in [1.82, 2.24) is 9.88 Å². The van der Waals surface area contributed by atoms with Crippen LogP contribution in [0.4, 0.5) is 0 Å². The van der Waals surface area contributed by atoms with Gasteiger partial charge in [-0.05, 0) is 80.0 Å². The Morgan fingerprint density at radius 1 is 1.21 bits per heavy atom. The third kappa shape index (κ3) is 5.39. The van der Waals surface area contributed by atoms with Crippen LogP contribution in [0, 0.1) is 19.8 Å². The Hall–Kier alpha value is -2.97. The largest absolute Gasteiger partial charge is 0.481 e. The molecule has 34 heavy (non-hydrogen) atoms. The number of ether oxygens (including phenoxy) is 1. The van der Waals surface area contributed by atoms with Gasteiger partial charge in [-0.1, -0.05) is 18.2 Å². The molecule has 1 amide bonds. The monoisotopic (exact) mass is 481 g/mol. The summed E-state index contributed by atoms with van der Waals surface area (Å²) in [6.45, 7) is 6.89. The molecule has 3 aromatic rings. The molecule has 2 aromatic carbocycles. The number of fused-ring (bicyclic) bond motifs is 1. The van der Waals surface area contributed by atoms with Crippen molar-refractivity contribution in [3.63, 3.8) is 0 Å². The lowest BCUT2D eigenvalue weighted by Crippen LogP contribution is -2.47. The van der Waals surface area contributed by atoms with Gasteiger partial charge in [-0.15, -0.1) is 0 Å². The van der Waals surface area contributed by atoms with Gasteiger partial charge in [0, 0.05) is 30.7 Å². The van der Waals surface area contributed by atoms with E-state index in [2.05, 4.69) is 37.0 Å². The Morgan fingerprint density at radius 2 is 1.94 bits per heavy atom. The van der Waals surface area contributed by atoms with Crippen LogP contribution < -0.4 is 9.88 Å². The second kappa shape index (κ2) is 9.72.